The maximum Gasteiger partial charge on any atom is 0.0570 e. The monoisotopic (exact) mass is 289 g/mol. The molecule has 0 aliphatic carbocycles. The van der Waals surface area contributed by atoms with Gasteiger partial charge >= 0.3 is 0 Å². The normalized spacial score (nSPS) is 36.6. The SMILES string of the molecule is CCCC(CBr)CN1C2CCC1CC(O)C2. The molecule has 3 heteroatoms. The van der Waals surface area contributed by atoms with E-state index < -0.39 is 0 Å². The molecule has 2 aliphatic rings. The molecule has 16 heavy (non-hydrogen) atoms. The smallest absolute Gasteiger partial charge is 0.0570 e. The third-order valence-electron chi connectivity index (χ3n) is 4.24. The Bertz CT molecular complexity index is 210. The lowest BCUT2D eigenvalue weighted by molar-refractivity contribution is 0.0280. The van der Waals surface area contributed by atoms with Gasteiger partial charge in [-0.1, -0.05) is 29.3 Å². The van der Waals surface area contributed by atoms with Crippen LogP contribution in [-0.4, -0.2) is 40.1 Å². The van der Waals surface area contributed by atoms with Crippen LogP contribution in [0.3, 0.4) is 0 Å². The molecule has 2 fully saturated rings. The Balaban J connectivity index is 1.90. The molecule has 0 aromatic carbocycles. The van der Waals surface area contributed by atoms with Crippen molar-refractivity contribution in [2.45, 2.75) is 63.6 Å². The van der Waals surface area contributed by atoms with Crippen LogP contribution in [0.5, 0.6) is 0 Å². The third kappa shape index (κ3) is 2.80. The van der Waals surface area contributed by atoms with Crippen molar-refractivity contribution >= 4 is 15.9 Å². The molecule has 0 amide bonds. The molecule has 1 N–H and O–H groups in total. The molecule has 2 saturated heterocycles. The number of piperidine rings is 1. The van der Waals surface area contributed by atoms with E-state index in [0.717, 1.165) is 24.1 Å². The summed E-state index contributed by atoms with van der Waals surface area (Å²) in [6.07, 6.45) is 7.22. The zero-order valence-electron chi connectivity index (χ0n) is 10.2. The van der Waals surface area contributed by atoms with Crippen molar-refractivity contribution in [3.63, 3.8) is 0 Å². The number of fused-ring (bicyclic) bond motifs is 2. The maximum atomic E-state index is 9.77. The third-order valence-corrected chi connectivity index (χ3v) is 5.16. The van der Waals surface area contributed by atoms with E-state index in [1.165, 1.54) is 32.2 Å². The summed E-state index contributed by atoms with van der Waals surface area (Å²) in [4.78, 5) is 2.69. The average Bonchev–Trinajstić information content (AvgIpc) is 2.50. The van der Waals surface area contributed by atoms with Gasteiger partial charge in [-0.25, -0.2) is 0 Å². The summed E-state index contributed by atoms with van der Waals surface area (Å²) >= 11 is 3.64. The van der Waals surface area contributed by atoms with Gasteiger partial charge in [-0.05, 0) is 38.0 Å². The summed E-state index contributed by atoms with van der Waals surface area (Å²) in [6, 6.07) is 1.35. The first kappa shape index (κ1) is 12.8. The standard InChI is InChI=1S/C13H24BrNO/c1-2-3-10(8-14)9-15-11-4-5-12(15)7-13(16)6-11/h10-13,16H,2-9H2,1H3. The minimum Gasteiger partial charge on any atom is -0.393 e. The van der Waals surface area contributed by atoms with E-state index >= 15 is 0 Å². The minimum atomic E-state index is -0.0256. The topological polar surface area (TPSA) is 23.5 Å². The highest BCUT2D eigenvalue weighted by Gasteiger charge is 2.40. The predicted molar refractivity (Wildman–Crippen MR) is 70.9 cm³/mol. The van der Waals surface area contributed by atoms with Crippen LogP contribution in [0.1, 0.15) is 45.4 Å². The lowest BCUT2D eigenvalue weighted by Gasteiger charge is -2.39. The average molecular weight is 290 g/mol. The van der Waals surface area contributed by atoms with Crippen molar-refractivity contribution in [3.05, 3.63) is 0 Å². The maximum absolute atomic E-state index is 9.77. The van der Waals surface area contributed by atoms with Crippen molar-refractivity contribution in [3.8, 4) is 0 Å². The first-order valence-electron chi connectivity index (χ1n) is 6.74. The Labute approximate surface area is 108 Å². The summed E-state index contributed by atoms with van der Waals surface area (Å²) in [5.74, 6) is 0.795. The Morgan fingerprint density at radius 3 is 2.44 bits per heavy atom. The summed E-state index contributed by atoms with van der Waals surface area (Å²) < 4.78 is 0. The van der Waals surface area contributed by atoms with Crippen LogP contribution in [0.25, 0.3) is 0 Å². The zero-order valence-corrected chi connectivity index (χ0v) is 11.8. The first-order chi connectivity index (χ1) is 7.74. The molecule has 2 bridgehead atoms. The van der Waals surface area contributed by atoms with Crippen molar-refractivity contribution in [1.82, 2.24) is 4.90 Å². The molecule has 0 saturated carbocycles. The second-order valence-corrected chi connectivity index (χ2v) is 6.16. The molecular formula is C13H24BrNO. The van der Waals surface area contributed by atoms with Gasteiger partial charge in [-0.2, -0.15) is 0 Å². The van der Waals surface area contributed by atoms with Crippen LogP contribution in [0.4, 0.5) is 0 Å². The van der Waals surface area contributed by atoms with Crippen molar-refractivity contribution in [2.24, 2.45) is 5.92 Å². The van der Waals surface area contributed by atoms with E-state index in [9.17, 15) is 5.11 Å². The Morgan fingerprint density at radius 2 is 1.94 bits per heavy atom. The van der Waals surface area contributed by atoms with Gasteiger partial charge in [-0.15, -0.1) is 0 Å². The van der Waals surface area contributed by atoms with E-state index in [-0.39, 0.29) is 6.10 Å². The van der Waals surface area contributed by atoms with Gasteiger partial charge in [0.15, 0.2) is 0 Å². The predicted octanol–water partition coefficient (Wildman–Crippen LogP) is 2.79. The van der Waals surface area contributed by atoms with Gasteiger partial charge < -0.3 is 5.11 Å². The van der Waals surface area contributed by atoms with Gasteiger partial charge in [0, 0.05) is 24.0 Å². The van der Waals surface area contributed by atoms with E-state index in [1.54, 1.807) is 0 Å². The fraction of sp³-hybridized carbons (Fsp3) is 1.00. The van der Waals surface area contributed by atoms with Crippen LogP contribution in [0.2, 0.25) is 0 Å². The fourth-order valence-electron chi connectivity index (χ4n) is 3.47. The van der Waals surface area contributed by atoms with Crippen LogP contribution >= 0.6 is 15.9 Å². The number of aliphatic hydroxyl groups is 1. The Morgan fingerprint density at radius 1 is 1.31 bits per heavy atom. The zero-order chi connectivity index (χ0) is 11.5. The summed E-state index contributed by atoms with van der Waals surface area (Å²) in [7, 11) is 0. The largest absolute Gasteiger partial charge is 0.393 e. The summed E-state index contributed by atoms with van der Waals surface area (Å²) in [5.41, 5.74) is 0. The molecule has 0 aromatic heterocycles. The van der Waals surface area contributed by atoms with Gasteiger partial charge in [0.1, 0.15) is 0 Å². The summed E-state index contributed by atoms with van der Waals surface area (Å²) in [6.45, 7) is 3.51. The van der Waals surface area contributed by atoms with Gasteiger partial charge in [0.2, 0.25) is 0 Å². The van der Waals surface area contributed by atoms with Crippen molar-refractivity contribution in [1.29, 1.82) is 0 Å². The first-order valence-corrected chi connectivity index (χ1v) is 7.86. The number of hydrogen-bond donors (Lipinski definition) is 1. The van der Waals surface area contributed by atoms with Crippen LogP contribution < -0.4 is 0 Å². The summed E-state index contributed by atoms with van der Waals surface area (Å²) in [5, 5.41) is 10.9. The molecule has 2 heterocycles. The highest BCUT2D eigenvalue weighted by atomic mass is 79.9. The Kier molecular flexibility index (Phi) is 4.68. The van der Waals surface area contributed by atoms with Crippen LogP contribution in [-0.2, 0) is 0 Å². The van der Waals surface area contributed by atoms with Gasteiger partial charge in [0.05, 0.1) is 6.10 Å². The molecule has 2 aliphatic heterocycles. The van der Waals surface area contributed by atoms with Gasteiger partial charge in [0.25, 0.3) is 0 Å². The second kappa shape index (κ2) is 5.83. The fourth-order valence-corrected chi connectivity index (χ4v) is 4.00. The van der Waals surface area contributed by atoms with Crippen LogP contribution in [0.15, 0.2) is 0 Å². The molecule has 0 spiro atoms. The molecule has 3 atom stereocenters. The number of hydrogen-bond acceptors (Lipinski definition) is 2. The number of aliphatic hydroxyl groups excluding tert-OH is 1. The Hall–Kier alpha value is 0.400. The number of halogens is 1. The highest BCUT2D eigenvalue weighted by molar-refractivity contribution is 9.09. The lowest BCUT2D eigenvalue weighted by atomic mass is 9.97. The van der Waals surface area contributed by atoms with E-state index in [1.807, 2.05) is 0 Å². The molecule has 2 rings (SSSR count). The van der Waals surface area contributed by atoms with E-state index in [0.29, 0.717) is 12.1 Å². The molecule has 3 unspecified atom stereocenters. The molecule has 0 aromatic rings. The molecule has 0 radical (unpaired) electrons. The van der Waals surface area contributed by atoms with Crippen LogP contribution in [0, 0.1) is 5.92 Å². The number of alkyl halides is 1. The molecule has 2 nitrogen and oxygen atoms in total. The highest BCUT2D eigenvalue weighted by Crippen LogP contribution is 2.36. The van der Waals surface area contributed by atoms with E-state index in [4.69, 9.17) is 0 Å². The van der Waals surface area contributed by atoms with Crippen molar-refractivity contribution < 1.29 is 5.11 Å². The lowest BCUT2D eigenvalue weighted by Crippen LogP contribution is -2.46. The number of nitrogens with zero attached hydrogens (tertiary/aromatic N) is 1. The minimum absolute atomic E-state index is 0.0256. The quantitative estimate of drug-likeness (QED) is 0.787. The van der Waals surface area contributed by atoms with E-state index in [2.05, 4.69) is 27.8 Å². The molecular weight excluding hydrogens is 266 g/mol. The second-order valence-electron chi connectivity index (χ2n) is 5.52. The van der Waals surface area contributed by atoms with Gasteiger partial charge in [-0.3, -0.25) is 4.90 Å². The number of rotatable bonds is 5. The van der Waals surface area contributed by atoms with Crippen molar-refractivity contribution in [2.75, 3.05) is 11.9 Å². The molecule has 94 valence electrons.